The average molecular weight is 224 g/mol. The van der Waals surface area contributed by atoms with Gasteiger partial charge in [-0.25, -0.2) is 0 Å². The predicted molar refractivity (Wildman–Crippen MR) is 67.0 cm³/mol. The van der Waals surface area contributed by atoms with Crippen molar-refractivity contribution in [3.8, 4) is 0 Å². The molecule has 1 rings (SSSR count). The quantitative estimate of drug-likeness (QED) is 0.773. The standard InChI is InChI=1S/C13H24N2O/c1-11(2)7-12(8-14)9-15(3)10-13-5-4-6-16-13/h4-6,11-12H,7-10,14H2,1-3H3. The third-order valence-electron chi connectivity index (χ3n) is 2.71. The van der Waals surface area contributed by atoms with Crippen LogP contribution in [0.2, 0.25) is 0 Å². The van der Waals surface area contributed by atoms with E-state index >= 15 is 0 Å². The fourth-order valence-corrected chi connectivity index (χ4v) is 2.09. The molecule has 0 spiro atoms. The van der Waals surface area contributed by atoms with Crippen LogP contribution >= 0.6 is 0 Å². The van der Waals surface area contributed by atoms with Gasteiger partial charge in [0.15, 0.2) is 0 Å². The lowest BCUT2D eigenvalue weighted by molar-refractivity contribution is 0.234. The molecule has 2 N–H and O–H groups in total. The fourth-order valence-electron chi connectivity index (χ4n) is 2.09. The van der Waals surface area contributed by atoms with Crippen LogP contribution in [0.4, 0.5) is 0 Å². The van der Waals surface area contributed by atoms with E-state index in [9.17, 15) is 0 Å². The van der Waals surface area contributed by atoms with Crippen LogP contribution in [-0.2, 0) is 6.54 Å². The monoisotopic (exact) mass is 224 g/mol. The Morgan fingerprint density at radius 3 is 2.69 bits per heavy atom. The van der Waals surface area contributed by atoms with E-state index in [4.69, 9.17) is 10.2 Å². The van der Waals surface area contributed by atoms with Crippen LogP contribution in [0.5, 0.6) is 0 Å². The minimum Gasteiger partial charge on any atom is -0.468 e. The van der Waals surface area contributed by atoms with Crippen LogP contribution in [0.15, 0.2) is 22.8 Å². The molecule has 1 unspecified atom stereocenters. The normalized spacial score (nSPS) is 13.6. The van der Waals surface area contributed by atoms with Gasteiger partial charge in [0.25, 0.3) is 0 Å². The summed E-state index contributed by atoms with van der Waals surface area (Å²) in [6.07, 6.45) is 2.91. The van der Waals surface area contributed by atoms with Crippen molar-refractivity contribution >= 4 is 0 Å². The molecule has 3 heteroatoms. The van der Waals surface area contributed by atoms with Crippen LogP contribution in [0.25, 0.3) is 0 Å². The molecule has 0 aromatic carbocycles. The van der Waals surface area contributed by atoms with Crippen LogP contribution in [0.1, 0.15) is 26.0 Å². The van der Waals surface area contributed by atoms with Gasteiger partial charge in [-0.15, -0.1) is 0 Å². The molecule has 1 atom stereocenters. The zero-order valence-electron chi connectivity index (χ0n) is 10.6. The van der Waals surface area contributed by atoms with Crippen molar-refractivity contribution in [2.75, 3.05) is 20.1 Å². The molecular weight excluding hydrogens is 200 g/mol. The molecule has 3 nitrogen and oxygen atoms in total. The summed E-state index contributed by atoms with van der Waals surface area (Å²) >= 11 is 0. The third-order valence-corrected chi connectivity index (χ3v) is 2.71. The van der Waals surface area contributed by atoms with Gasteiger partial charge in [-0.1, -0.05) is 13.8 Å². The van der Waals surface area contributed by atoms with Gasteiger partial charge in [0.2, 0.25) is 0 Å². The first-order valence-corrected chi connectivity index (χ1v) is 6.02. The van der Waals surface area contributed by atoms with Crippen LogP contribution in [-0.4, -0.2) is 25.0 Å². The zero-order valence-corrected chi connectivity index (χ0v) is 10.6. The average Bonchev–Trinajstić information content (AvgIpc) is 2.68. The Kier molecular flexibility index (Phi) is 5.56. The molecule has 0 aliphatic carbocycles. The van der Waals surface area contributed by atoms with Gasteiger partial charge in [0.05, 0.1) is 12.8 Å². The van der Waals surface area contributed by atoms with Crippen molar-refractivity contribution in [3.63, 3.8) is 0 Å². The molecule has 1 aromatic rings. The van der Waals surface area contributed by atoms with Gasteiger partial charge in [0.1, 0.15) is 5.76 Å². The molecule has 0 aliphatic rings. The summed E-state index contributed by atoms with van der Waals surface area (Å²) in [6, 6.07) is 3.94. The Labute approximate surface area is 98.6 Å². The fraction of sp³-hybridized carbons (Fsp3) is 0.692. The maximum atomic E-state index is 5.79. The van der Waals surface area contributed by atoms with E-state index in [0.29, 0.717) is 11.8 Å². The summed E-state index contributed by atoms with van der Waals surface area (Å²) in [5.41, 5.74) is 5.79. The highest BCUT2D eigenvalue weighted by Gasteiger charge is 2.12. The van der Waals surface area contributed by atoms with Gasteiger partial charge in [-0.05, 0) is 44.0 Å². The predicted octanol–water partition coefficient (Wildman–Crippen LogP) is 2.33. The first-order chi connectivity index (χ1) is 7.61. The zero-order chi connectivity index (χ0) is 12.0. The Hall–Kier alpha value is -0.800. The van der Waals surface area contributed by atoms with Gasteiger partial charge in [-0.3, -0.25) is 4.90 Å². The highest BCUT2D eigenvalue weighted by atomic mass is 16.3. The van der Waals surface area contributed by atoms with Crippen molar-refractivity contribution in [3.05, 3.63) is 24.2 Å². The molecule has 1 heterocycles. The van der Waals surface area contributed by atoms with E-state index in [1.807, 2.05) is 12.1 Å². The molecule has 0 aliphatic heterocycles. The smallest absolute Gasteiger partial charge is 0.117 e. The first-order valence-electron chi connectivity index (χ1n) is 6.02. The van der Waals surface area contributed by atoms with Gasteiger partial charge >= 0.3 is 0 Å². The molecule has 1 aromatic heterocycles. The largest absolute Gasteiger partial charge is 0.468 e. The van der Waals surface area contributed by atoms with Crippen molar-refractivity contribution in [1.29, 1.82) is 0 Å². The molecule has 0 fully saturated rings. The van der Waals surface area contributed by atoms with E-state index in [0.717, 1.165) is 25.4 Å². The summed E-state index contributed by atoms with van der Waals surface area (Å²) in [6.45, 7) is 7.15. The number of rotatable bonds is 7. The summed E-state index contributed by atoms with van der Waals surface area (Å²) in [5, 5.41) is 0. The number of nitrogens with zero attached hydrogens (tertiary/aromatic N) is 1. The first kappa shape index (κ1) is 13.3. The van der Waals surface area contributed by atoms with Crippen LogP contribution < -0.4 is 5.73 Å². The Bertz CT molecular complexity index is 269. The van der Waals surface area contributed by atoms with Gasteiger partial charge < -0.3 is 10.2 Å². The summed E-state index contributed by atoms with van der Waals surface area (Å²) in [5.74, 6) is 2.31. The van der Waals surface area contributed by atoms with E-state index in [2.05, 4.69) is 25.8 Å². The van der Waals surface area contributed by atoms with Crippen LogP contribution in [0, 0.1) is 11.8 Å². The minimum atomic E-state index is 0.583. The highest BCUT2D eigenvalue weighted by molar-refractivity contribution is 4.97. The molecule has 0 radical (unpaired) electrons. The van der Waals surface area contributed by atoms with Crippen molar-refractivity contribution < 1.29 is 4.42 Å². The lowest BCUT2D eigenvalue weighted by Gasteiger charge is -2.23. The molecule has 92 valence electrons. The second kappa shape index (κ2) is 6.71. The third kappa shape index (κ3) is 4.81. The number of nitrogens with two attached hydrogens (primary N) is 1. The minimum absolute atomic E-state index is 0.583. The maximum absolute atomic E-state index is 5.79. The molecule has 0 saturated heterocycles. The lowest BCUT2D eigenvalue weighted by Crippen LogP contribution is -2.30. The van der Waals surface area contributed by atoms with Crippen LogP contribution in [0.3, 0.4) is 0 Å². The summed E-state index contributed by atoms with van der Waals surface area (Å²) in [7, 11) is 2.12. The maximum Gasteiger partial charge on any atom is 0.117 e. The second-order valence-electron chi connectivity index (χ2n) is 5.01. The van der Waals surface area contributed by atoms with Crippen molar-refractivity contribution in [2.24, 2.45) is 17.6 Å². The highest BCUT2D eigenvalue weighted by Crippen LogP contribution is 2.13. The molecule has 0 amide bonds. The molecule has 0 bridgehead atoms. The number of furan rings is 1. The van der Waals surface area contributed by atoms with Gasteiger partial charge in [0, 0.05) is 6.54 Å². The Balaban J connectivity index is 2.34. The lowest BCUT2D eigenvalue weighted by atomic mass is 9.97. The summed E-state index contributed by atoms with van der Waals surface area (Å²) in [4.78, 5) is 2.28. The molecule has 16 heavy (non-hydrogen) atoms. The van der Waals surface area contributed by atoms with Crippen molar-refractivity contribution in [1.82, 2.24) is 4.90 Å². The van der Waals surface area contributed by atoms with E-state index in [-0.39, 0.29) is 0 Å². The van der Waals surface area contributed by atoms with E-state index < -0.39 is 0 Å². The van der Waals surface area contributed by atoms with Crippen molar-refractivity contribution in [2.45, 2.75) is 26.8 Å². The molecule has 0 saturated carbocycles. The van der Waals surface area contributed by atoms with E-state index in [1.54, 1.807) is 6.26 Å². The summed E-state index contributed by atoms with van der Waals surface area (Å²) < 4.78 is 5.33. The van der Waals surface area contributed by atoms with Gasteiger partial charge in [-0.2, -0.15) is 0 Å². The number of hydrogen-bond acceptors (Lipinski definition) is 3. The second-order valence-corrected chi connectivity index (χ2v) is 5.01. The van der Waals surface area contributed by atoms with E-state index in [1.165, 1.54) is 6.42 Å². The topological polar surface area (TPSA) is 42.4 Å². The number of hydrogen-bond donors (Lipinski definition) is 1. The molecular formula is C13H24N2O. The Morgan fingerprint density at radius 1 is 1.44 bits per heavy atom. The Morgan fingerprint density at radius 2 is 2.19 bits per heavy atom. The SMILES string of the molecule is CC(C)CC(CN)CN(C)Cc1ccco1.